The zero-order chi connectivity index (χ0) is 18.7. The summed E-state index contributed by atoms with van der Waals surface area (Å²) in [6, 6.07) is 4.44. The summed E-state index contributed by atoms with van der Waals surface area (Å²) in [5, 5.41) is 13.8. The van der Waals surface area contributed by atoms with Crippen LogP contribution in [0, 0.1) is 0 Å². The number of aromatic nitrogens is 4. The molecule has 2 aromatic rings. The number of hydrogen-bond acceptors (Lipinski definition) is 7. The molecule has 1 aliphatic heterocycles. The predicted molar refractivity (Wildman–Crippen MR) is 94.2 cm³/mol. The van der Waals surface area contributed by atoms with E-state index in [9.17, 15) is 13.2 Å². The highest BCUT2D eigenvalue weighted by Gasteiger charge is 2.34. The van der Waals surface area contributed by atoms with Gasteiger partial charge in [-0.1, -0.05) is 0 Å². The van der Waals surface area contributed by atoms with E-state index in [4.69, 9.17) is 4.74 Å². The molecule has 1 N–H and O–H groups in total. The number of hydrogen-bond donors (Lipinski definition) is 1. The van der Waals surface area contributed by atoms with Gasteiger partial charge in [-0.05, 0) is 29.8 Å². The molecule has 0 aliphatic carbocycles. The summed E-state index contributed by atoms with van der Waals surface area (Å²) in [5.41, 5.74) is 1.12. The highest BCUT2D eigenvalue weighted by Crippen LogP contribution is 2.24. The Morgan fingerprint density at radius 3 is 2.81 bits per heavy atom. The minimum atomic E-state index is -3.07. The molecule has 0 unspecified atom stereocenters. The molecule has 0 bridgehead atoms. The van der Waals surface area contributed by atoms with E-state index in [0.717, 1.165) is 0 Å². The highest BCUT2D eigenvalue weighted by atomic mass is 32.2. The summed E-state index contributed by atoms with van der Waals surface area (Å²) in [6.45, 7) is 2.23. The van der Waals surface area contributed by atoms with Crippen LogP contribution in [0.25, 0.3) is 5.69 Å². The number of nitrogens with zero attached hydrogens (tertiary/aromatic N) is 5. The number of benzene rings is 1. The molecule has 11 heteroatoms. The number of anilines is 1. The Kier molecular flexibility index (Phi) is 5.07. The van der Waals surface area contributed by atoms with Gasteiger partial charge in [0.25, 0.3) is 0 Å². The lowest BCUT2D eigenvalue weighted by molar-refractivity contribution is 0.197. The molecule has 2 amide bonds. The van der Waals surface area contributed by atoms with Gasteiger partial charge >= 0.3 is 6.03 Å². The summed E-state index contributed by atoms with van der Waals surface area (Å²) in [7, 11) is -1.55. The second-order valence-corrected chi connectivity index (χ2v) is 8.18. The molecule has 0 radical (unpaired) electrons. The van der Waals surface area contributed by atoms with E-state index in [-0.39, 0.29) is 23.6 Å². The first-order valence-electron chi connectivity index (χ1n) is 8.12. The number of ether oxygens (including phenoxy) is 1. The molecule has 1 aromatic carbocycles. The molecule has 2 heterocycles. The van der Waals surface area contributed by atoms with Crippen molar-refractivity contribution < 1.29 is 17.9 Å². The fraction of sp³-hybridized carbons (Fsp3) is 0.467. The van der Waals surface area contributed by atoms with Gasteiger partial charge in [-0.15, -0.1) is 5.10 Å². The van der Waals surface area contributed by atoms with Crippen LogP contribution in [-0.4, -0.2) is 70.8 Å². The quantitative estimate of drug-likeness (QED) is 0.811. The minimum absolute atomic E-state index is 0.00223. The second-order valence-electron chi connectivity index (χ2n) is 5.95. The van der Waals surface area contributed by atoms with Crippen LogP contribution in [0.2, 0.25) is 0 Å². The van der Waals surface area contributed by atoms with E-state index in [2.05, 4.69) is 20.8 Å². The molecule has 1 aromatic heterocycles. The Morgan fingerprint density at radius 1 is 1.42 bits per heavy atom. The van der Waals surface area contributed by atoms with Crippen LogP contribution in [0.5, 0.6) is 5.75 Å². The number of amides is 2. The molecule has 10 nitrogen and oxygen atoms in total. The molecular weight excluding hydrogens is 360 g/mol. The SMILES string of the molecule is CCN(C(=O)Nc1cc(OC)cc(-n2cnnn2)c1)[C@@H]1CCS(=O)(=O)C1. The van der Waals surface area contributed by atoms with Crippen molar-refractivity contribution in [2.45, 2.75) is 19.4 Å². The van der Waals surface area contributed by atoms with Gasteiger partial charge in [0.15, 0.2) is 9.84 Å². The van der Waals surface area contributed by atoms with Gasteiger partial charge in [0.1, 0.15) is 12.1 Å². The average molecular weight is 380 g/mol. The zero-order valence-corrected chi connectivity index (χ0v) is 15.3. The molecular formula is C15H20N6O4S. The minimum Gasteiger partial charge on any atom is -0.497 e. The average Bonchev–Trinajstić information content (AvgIpc) is 3.25. The van der Waals surface area contributed by atoms with Crippen molar-refractivity contribution in [2.75, 3.05) is 30.5 Å². The van der Waals surface area contributed by atoms with Crippen LogP contribution in [0.15, 0.2) is 24.5 Å². The number of carbonyl (C=O) groups is 1. The van der Waals surface area contributed by atoms with Gasteiger partial charge < -0.3 is 15.0 Å². The lowest BCUT2D eigenvalue weighted by atomic mass is 10.2. The summed E-state index contributed by atoms with van der Waals surface area (Å²) in [6.07, 6.45) is 1.89. The van der Waals surface area contributed by atoms with E-state index < -0.39 is 9.84 Å². The van der Waals surface area contributed by atoms with Crippen LogP contribution in [0.4, 0.5) is 10.5 Å². The Balaban J connectivity index is 1.81. The number of carbonyl (C=O) groups excluding carboxylic acids is 1. The number of rotatable bonds is 5. The van der Waals surface area contributed by atoms with Crippen molar-refractivity contribution in [2.24, 2.45) is 0 Å². The zero-order valence-electron chi connectivity index (χ0n) is 14.5. The smallest absolute Gasteiger partial charge is 0.322 e. The Morgan fingerprint density at radius 2 is 2.23 bits per heavy atom. The predicted octanol–water partition coefficient (Wildman–Crippen LogP) is 0.712. The Labute approximate surface area is 151 Å². The number of sulfone groups is 1. The van der Waals surface area contributed by atoms with Crippen LogP contribution >= 0.6 is 0 Å². The molecule has 26 heavy (non-hydrogen) atoms. The number of methoxy groups -OCH3 is 1. The number of tetrazole rings is 1. The van der Waals surface area contributed by atoms with Gasteiger partial charge in [-0.3, -0.25) is 0 Å². The lowest BCUT2D eigenvalue weighted by Gasteiger charge is -2.27. The van der Waals surface area contributed by atoms with Crippen LogP contribution in [0.1, 0.15) is 13.3 Å². The van der Waals surface area contributed by atoms with Gasteiger partial charge in [0.05, 0.1) is 24.3 Å². The van der Waals surface area contributed by atoms with Crippen LogP contribution in [0.3, 0.4) is 0 Å². The number of nitrogens with one attached hydrogen (secondary N) is 1. The first kappa shape index (κ1) is 18.1. The van der Waals surface area contributed by atoms with Gasteiger partial charge in [0.2, 0.25) is 0 Å². The van der Waals surface area contributed by atoms with Gasteiger partial charge in [-0.2, -0.15) is 0 Å². The van der Waals surface area contributed by atoms with Crippen LogP contribution in [-0.2, 0) is 9.84 Å². The van der Waals surface area contributed by atoms with Crippen molar-refractivity contribution in [3.8, 4) is 11.4 Å². The van der Waals surface area contributed by atoms with E-state index >= 15 is 0 Å². The van der Waals surface area contributed by atoms with Crippen LogP contribution < -0.4 is 10.1 Å². The fourth-order valence-electron chi connectivity index (χ4n) is 2.97. The highest BCUT2D eigenvalue weighted by molar-refractivity contribution is 7.91. The maximum absolute atomic E-state index is 12.7. The molecule has 1 fully saturated rings. The first-order chi connectivity index (χ1) is 12.4. The topological polar surface area (TPSA) is 119 Å². The van der Waals surface area contributed by atoms with E-state index in [1.165, 1.54) is 18.1 Å². The summed E-state index contributed by atoms with van der Waals surface area (Å²) < 4.78 is 30.1. The molecule has 0 saturated carbocycles. The fourth-order valence-corrected chi connectivity index (χ4v) is 4.70. The molecule has 1 aliphatic rings. The van der Waals surface area contributed by atoms with Crippen molar-refractivity contribution in [3.63, 3.8) is 0 Å². The normalized spacial score (nSPS) is 18.5. The van der Waals surface area contributed by atoms with Crippen molar-refractivity contribution in [1.82, 2.24) is 25.1 Å². The maximum Gasteiger partial charge on any atom is 0.322 e. The maximum atomic E-state index is 12.7. The largest absolute Gasteiger partial charge is 0.497 e. The molecule has 3 rings (SSSR count). The summed E-state index contributed by atoms with van der Waals surface area (Å²) in [4.78, 5) is 14.2. The third-order valence-corrected chi connectivity index (χ3v) is 5.99. The van der Waals surface area contributed by atoms with Crippen molar-refractivity contribution in [3.05, 3.63) is 24.5 Å². The Bertz CT molecular complexity index is 884. The first-order valence-corrected chi connectivity index (χ1v) is 9.94. The second kappa shape index (κ2) is 7.28. The van der Waals surface area contributed by atoms with E-state index in [1.54, 1.807) is 23.1 Å². The summed E-state index contributed by atoms with van der Waals surface area (Å²) >= 11 is 0. The Hall–Kier alpha value is -2.69. The third kappa shape index (κ3) is 3.93. The van der Waals surface area contributed by atoms with Crippen molar-refractivity contribution >= 4 is 21.6 Å². The lowest BCUT2D eigenvalue weighted by Crippen LogP contribution is -2.43. The van der Waals surface area contributed by atoms with Gasteiger partial charge in [0, 0.05) is 30.4 Å². The van der Waals surface area contributed by atoms with Gasteiger partial charge in [-0.25, -0.2) is 17.9 Å². The third-order valence-electron chi connectivity index (χ3n) is 4.24. The standard InChI is InChI=1S/C15H20N6O4S/c1-3-20(12-4-5-26(23,24)9-12)15(22)17-11-6-13(8-14(7-11)25-2)21-10-16-18-19-21/h6-8,10,12H,3-5,9H2,1-2H3,(H,17,22)/t12-/m1/s1. The molecule has 1 saturated heterocycles. The molecule has 1 atom stereocenters. The van der Waals surface area contributed by atoms with E-state index in [1.807, 2.05) is 6.92 Å². The molecule has 140 valence electrons. The monoisotopic (exact) mass is 380 g/mol. The summed E-state index contributed by atoms with van der Waals surface area (Å²) in [5.74, 6) is 0.645. The van der Waals surface area contributed by atoms with E-state index in [0.29, 0.717) is 30.1 Å². The number of urea groups is 1. The molecule has 0 spiro atoms. The van der Waals surface area contributed by atoms with Crippen molar-refractivity contribution in [1.29, 1.82) is 0 Å².